The zero-order chi connectivity index (χ0) is 16.7. The van der Waals surface area contributed by atoms with Crippen molar-refractivity contribution in [1.82, 2.24) is 10.6 Å². The highest BCUT2D eigenvalue weighted by Gasteiger charge is 2.22. The van der Waals surface area contributed by atoms with Crippen molar-refractivity contribution in [2.45, 2.75) is 25.8 Å². The number of amides is 1. The van der Waals surface area contributed by atoms with Gasteiger partial charge in [-0.3, -0.25) is 4.79 Å². The summed E-state index contributed by atoms with van der Waals surface area (Å²) in [4.78, 5) is 11.8. The highest BCUT2D eigenvalue weighted by molar-refractivity contribution is 5.78. The van der Waals surface area contributed by atoms with Crippen molar-refractivity contribution in [2.75, 3.05) is 33.4 Å². The van der Waals surface area contributed by atoms with Crippen LogP contribution in [0.25, 0.3) is 0 Å². The summed E-state index contributed by atoms with van der Waals surface area (Å²) in [6.45, 7) is 3.78. The summed E-state index contributed by atoms with van der Waals surface area (Å²) in [6.07, 6.45) is 2.34. The first-order valence-electron chi connectivity index (χ1n) is 8.01. The van der Waals surface area contributed by atoms with E-state index in [0.29, 0.717) is 31.2 Å². The van der Waals surface area contributed by atoms with Gasteiger partial charge >= 0.3 is 0 Å². The average molecular weight is 324 g/mol. The Balaban J connectivity index is 1.79. The molecule has 1 aliphatic rings. The second-order valence-corrected chi connectivity index (χ2v) is 5.90. The minimum atomic E-state index is -0.387. The maximum Gasteiger partial charge on any atom is 0.234 e. The topological polar surface area (TPSA) is 59.6 Å². The van der Waals surface area contributed by atoms with E-state index >= 15 is 0 Å². The summed E-state index contributed by atoms with van der Waals surface area (Å²) < 4.78 is 24.4. The highest BCUT2D eigenvalue weighted by atomic mass is 19.1. The zero-order valence-electron chi connectivity index (χ0n) is 13.7. The van der Waals surface area contributed by atoms with Crippen molar-refractivity contribution in [3.8, 4) is 5.75 Å². The summed E-state index contributed by atoms with van der Waals surface area (Å²) in [5.74, 6) is 0.337. The quantitative estimate of drug-likeness (QED) is 0.647. The lowest BCUT2D eigenvalue weighted by Gasteiger charge is -2.16. The Kier molecular flexibility index (Phi) is 6.80. The molecule has 0 aliphatic heterocycles. The molecule has 1 fully saturated rings. The number of carbonyl (C=O) groups is 1. The smallest absolute Gasteiger partial charge is 0.234 e. The molecular formula is C17H25FN2O3. The van der Waals surface area contributed by atoms with Crippen LogP contribution in [0.15, 0.2) is 18.2 Å². The zero-order valence-corrected chi connectivity index (χ0v) is 13.7. The van der Waals surface area contributed by atoms with Gasteiger partial charge in [0.25, 0.3) is 0 Å². The molecule has 23 heavy (non-hydrogen) atoms. The van der Waals surface area contributed by atoms with E-state index in [1.54, 1.807) is 19.2 Å². The molecule has 2 rings (SSSR count). The molecule has 0 saturated heterocycles. The SMILES string of the molecule is COCCNCC(=O)NC(C)c1ccc(OCC2CC2)c(F)c1. The van der Waals surface area contributed by atoms with Gasteiger partial charge < -0.3 is 20.1 Å². The van der Waals surface area contributed by atoms with Crippen molar-refractivity contribution in [1.29, 1.82) is 0 Å². The first-order chi connectivity index (χ1) is 11.1. The second kappa shape index (κ2) is 8.84. The number of methoxy groups -OCH3 is 1. The van der Waals surface area contributed by atoms with Crippen LogP contribution < -0.4 is 15.4 Å². The fourth-order valence-corrected chi connectivity index (χ4v) is 2.15. The molecule has 1 amide bonds. The third-order valence-electron chi connectivity index (χ3n) is 3.77. The predicted octanol–water partition coefficient (Wildman–Crippen LogP) is 2.03. The van der Waals surface area contributed by atoms with Crippen LogP contribution in [0.1, 0.15) is 31.4 Å². The van der Waals surface area contributed by atoms with Crippen LogP contribution >= 0.6 is 0 Å². The van der Waals surface area contributed by atoms with Crippen molar-refractivity contribution >= 4 is 5.91 Å². The maximum atomic E-state index is 14.0. The molecule has 5 nitrogen and oxygen atoms in total. The van der Waals surface area contributed by atoms with Crippen molar-refractivity contribution < 1.29 is 18.7 Å². The lowest BCUT2D eigenvalue weighted by atomic mass is 10.1. The molecule has 0 aromatic heterocycles. The fraction of sp³-hybridized carbons (Fsp3) is 0.588. The van der Waals surface area contributed by atoms with E-state index in [2.05, 4.69) is 10.6 Å². The molecule has 128 valence electrons. The van der Waals surface area contributed by atoms with Crippen molar-refractivity contribution in [2.24, 2.45) is 5.92 Å². The van der Waals surface area contributed by atoms with Gasteiger partial charge in [0.2, 0.25) is 5.91 Å². The monoisotopic (exact) mass is 324 g/mol. The standard InChI is InChI=1S/C17H25FN2O3/c1-12(20-17(21)10-19-7-8-22-2)14-5-6-16(15(18)9-14)23-11-13-3-4-13/h5-6,9,12-13,19H,3-4,7-8,10-11H2,1-2H3,(H,20,21). The largest absolute Gasteiger partial charge is 0.490 e. The Morgan fingerprint density at radius 2 is 2.22 bits per heavy atom. The van der Waals surface area contributed by atoms with E-state index in [-0.39, 0.29) is 30.1 Å². The van der Waals surface area contributed by atoms with E-state index in [0.717, 1.165) is 0 Å². The fourth-order valence-electron chi connectivity index (χ4n) is 2.15. The summed E-state index contributed by atoms with van der Waals surface area (Å²) >= 11 is 0. The molecule has 6 heteroatoms. The summed E-state index contributed by atoms with van der Waals surface area (Å²) in [6, 6.07) is 4.57. The van der Waals surface area contributed by atoms with Crippen LogP contribution in [0, 0.1) is 11.7 Å². The minimum absolute atomic E-state index is 0.136. The Morgan fingerprint density at radius 3 is 2.87 bits per heavy atom. The number of nitrogens with one attached hydrogen (secondary N) is 2. The summed E-state index contributed by atoms with van der Waals surface area (Å²) in [5, 5.41) is 5.80. The second-order valence-electron chi connectivity index (χ2n) is 5.90. The number of carbonyl (C=O) groups excluding carboxylic acids is 1. The average Bonchev–Trinajstić information content (AvgIpc) is 3.34. The van der Waals surface area contributed by atoms with E-state index in [1.165, 1.54) is 18.9 Å². The van der Waals surface area contributed by atoms with Crippen molar-refractivity contribution in [3.05, 3.63) is 29.6 Å². The normalized spacial score (nSPS) is 15.3. The molecule has 1 aromatic carbocycles. The molecule has 0 bridgehead atoms. The van der Waals surface area contributed by atoms with E-state index in [1.807, 2.05) is 6.92 Å². The van der Waals surface area contributed by atoms with Gasteiger partial charge in [-0.2, -0.15) is 0 Å². The van der Waals surface area contributed by atoms with Gasteiger partial charge in [0, 0.05) is 13.7 Å². The van der Waals surface area contributed by atoms with Crippen LogP contribution in [0.5, 0.6) is 5.75 Å². The van der Waals surface area contributed by atoms with Crippen LogP contribution in [-0.2, 0) is 9.53 Å². The van der Waals surface area contributed by atoms with Gasteiger partial charge in [0.05, 0.1) is 25.8 Å². The Morgan fingerprint density at radius 1 is 1.43 bits per heavy atom. The molecule has 1 saturated carbocycles. The van der Waals surface area contributed by atoms with Crippen LogP contribution in [0.3, 0.4) is 0 Å². The molecule has 1 aliphatic carbocycles. The van der Waals surface area contributed by atoms with Crippen LogP contribution in [-0.4, -0.2) is 39.3 Å². The predicted molar refractivity (Wildman–Crippen MR) is 85.9 cm³/mol. The summed E-state index contributed by atoms with van der Waals surface area (Å²) in [7, 11) is 1.61. The lowest BCUT2D eigenvalue weighted by Crippen LogP contribution is -2.36. The number of rotatable bonds is 10. The molecule has 1 unspecified atom stereocenters. The molecule has 2 N–H and O–H groups in total. The van der Waals surface area contributed by atoms with E-state index in [4.69, 9.17) is 9.47 Å². The number of hydrogen-bond acceptors (Lipinski definition) is 4. The van der Waals surface area contributed by atoms with Gasteiger partial charge in [-0.15, -0.1) is 0 Å². The Labute approximate surface area is 136 Å². The van der Waals surface area contributed by atoms with Crippen molar-refractivity contribution in [3.63, 3.8) is 0 Å². The van der Waals surface area contributed by atoms with E-state index < -0.39 is 0 Å². The molecule has 1 aromatic rings. The number of hydrogen-bond donors (Lipinski definition) is 2. The Hall–Kier alpha value is -1.66. The molecule has 1 atom stereocenters. The molecule has 0 radical (unpaired) electrons. The number of benzene rings is 1. The van der Waals surface area contributed by atoms with Gasteiger partial charge in [-0.05, 0) is 43.4 Å². The van der Waals surface area contributed by atoms with Gasteiger partial charge in [0.15, 0.2) is 11.6 Å². The number of halogens is 1. The van der Waals surface area contributed by atoms with Gasteiger partial charge in [-0.25, -0.2) is 4.39 Å². The van der Waals surface area contributed by atoms with Crippen LogP contribution in [0.4, 0.5) is 4.39 Å². The minimum Gasteiger partial charge on any atom is -0.490 e. The molecule has 0 spiro atoms. The summed E-state index contributed by atoms with van der Waals surface area (Å²) in [5.41, 5.74) is 0.714. The van der Waals surface area contributed by atoms with Gasteiger partial charge in [0.1, 0.15) is 0 Å². The van der Waals surface area contributed by atoms with Crippen LogP contribution in [0.2, 0.25) is 0 Å². The number of ether oxygens (including phenoxy) is 2. The van der Waals surface area contributed by atoms with Gasteiger partial charge in [-0.1, -0.05) is 6.07 Å². The third-order valence-corrected chi connectivity index (χ3v) is 3.77. The molecule has 0 heterocycles. The maximum absolute atomic E-state index is 14.0. The first-order valence-corrected chi connectivity index (χ1v) is 8.01. The third kappa shape index (κ3) is 6.15. The lowest BCUT2D eigenvalue weighted by molar-refractivity contribution is -0.120. The Bertz CT molecular complexity index is 521. The highest BCUT2D eigenvalue weighted by Crippen LogP contribution is 2.30. The first kappa shape index (κ1) is 17.7. The molecular weight excluding hydrogens is 299 g/mol. The van der Waals surface area contributed by atoms with E-state index in [9.17, 15) is 9.18 Å².